The summed E-state index contributed by atoms with van der Waals surface area (Å²) in [5.74, 6) is -0.824. The Hall–Kier alpha value is -3.74. The number of hydrogen-bond donors (Lipinski definition) is 1. The van der Waals surface area contributed by atoms with E-state index in [1.54, 1.807) is 48.5 Å². The van der Waals surface area contributed by atoms with Crippen molar-refractivity contribution in [1.29, 1.82) is 0 Å². The number of para-hydroxylation sites is 1. The van der Waals surface area contributed by atoms with Crippen LogP contribution in [0.1, 0.15) is 26.4 Å². The minimum absolute atomic E-state index is 0.129. The number of carbonyl (C=O) groups excluding carboxylic acids is 2. The fourth-order valence-corrected chi connectivity index (χ4v) is 2.44. The van der Waals surface area contributed by atoms with Gasteiger partial charge >= 0.3 is 5.97 Å². The lowest BCUT2D eigenvalue weighted by Crippen LogP contribution is -2.28. The van der Waals surface area contributed by atoms with E-state index in [4.69, 9.17) is 0 Å². The molecule has 0 radical (unpaired) electrons. The van der Waals surface area contributed by atoms with Crippen molar-refractivity contribution in [2.45, 2.75) is 6.54 Å². The Morgan fingerprint density at radius 3 is 2.37 bits per heavy atom. The average molecular weight is 363 g/mol. The molecule has 0 aliphatic heterocycles. The first kappa shape index (κ1) is 18.1. The summed E-state index contributed by atoms with van der Waals surface area (Å²) in [6, 6.07) is 18.3. The number of benzene rings is 2. The van der Waals surface area contributed by atoms with Gasteiger partial charge in [0.15, 0.2) is 0 Å². The molecule has 1 aromatic heterocycles. The smallest absolute Gasteiger partial charge is 0.337 e. The van der Waals surface area contributed by atoms with Crippen LogP contribution in [-0.2, 0) is 11.3 Å². The summed E-state index contributed by atoms with van der Waals surface area (Å²) >= 11 is 0. The van der Waals surface area contributed by atoms with Gasteiger partial charge in [-0.25, -0.2) is 4.79 Å². The van der Waals surface area contributed by atoms with Crippen LogP contribution in [-0.4, -0.2) is 28.8 Å². The van der Waals surface area contributed by atoms with E-state index < -0.39 is 11.9 Å². The van der Waals surface area contributed by atoms with Gasteiger partial charge in [0.2, 0.25) is 0 Å². The molecular formula is C20H17N3O4. The lowest BCUT2D eigenvalue weighted by atomic mass is 10.1. The first-order chi connectivity index (χ1) is 13.1. The highest BCUT2D eigenvalue weighted by Gasteiger charge is 2.11. The summed E-state index contributed by atoms with van der Waals surface area (Å²) in [5.41, 5.74) is 1.63. The molecule has 1 amide bonds. The molecular weight excluding hydrogens is 346 g/mol. The lowest BCUT2D eigenvalue weighted by molar-refractivity contribution is 0.0600. The van der Waals surface area contributed by atoms with Crippen molar-refractivity contribution >= 4 is 11.9 Å². The zero-order valence-corrected chi connectivity index (χ0v) is 14.6. The second-order valence-electron chi connectivity index (χ2n) is 5.68. The summed E-state index contributed by atoms with van der Waals surface area (Å²) in [6.45, 7) is 0.256. The minimum Gasteiger partial charge on any atom is -0.465 e. The van der Waals surface area contributed by atoms with Crippen molar-refractivity contribution in [2.24, 2.45) is 0 Å². The van der Waals surface area contributed by atoms with Crippen LogP contribution in [0.25, 0.3) is 5.69 Å². The van der Waals surface area contributed by atoms with E-state index in [-0.39, 0.29) is 17.8 Å². The average Bonchev–Trinajstić information content (AvgIpc) is 2.72. The van der Waals surface area contributed by atoms with Gasteiger partial charge in [-0.05, 0) is 35.9 Å². The highest BCUT2D eigenvalue weighted by atomic mass is 16.5. The topological polar surface area (TPSA) is 90.3 Å². The molecule has 1 heterocycles. The highest BCUT2D eigenvalue weighted by Crippen LogP contribution is 2.06. The van der Waals surface area contributed by atoms with E-state index in [0.29, 0.717) is 11.3 Å². The molecule has 0 atom stereocenters. The number of nitrogens with zero attached hydrogens (tertiary/aromatic N) is 2. The molecule has 0 unspecified atom stereocenters. The normalized spacial score (nSPS) is 10.3. The molecule has 3 rings (SSSR count). The number of methoxy groups -OCH3 is 1. The summed E-state index contributed by atoms with van der Waals surface area (Å²) in [7, 11) is 1.32. The number of amides is 1. The zero-order valence-electron chi connectivity index (χ0n) is 14.6. The molecule has 0 bridgehead atoms. The van der Waals surface area contributed by atoms with Crippen molar-refractivity contribution in [3.8, 4) is 5.69 Å². The van der Waals surface area contributed by atoms with E-state index >= 15 is 0 Å². The molecule has 0 saturated carbocycles. The Balaban J connectivity index is 1.71. The SMILES string of the molecule is COC(=O)c1ccc(CNC(=O)c2ccc(=O)n(-c3ccccc3)n2)cc1. The summed E-state index contributed by atoms with van der Waals surface area (Å²) in [6.07, 6.45) is 0. The maximum atomic E-state index is 12.4. The molecule has 1 N–H and O–H groups in total. The zero-order chi connectivity index (χ0) is 19.2. The predicted molar refractivity (Wildman–Crippen MR) is 98.8 cm³/mol. The summed E-state index contributed by atoms with van der Waals surface area (Å²) in [4.78, 5) is 35.8. The standard InChI is InChI=1S/C20H17N3O4/c1-27-20(26)15-9-7-14(8-10-15)13-21-19(25)17-11-12-18(24)23(22-17)16-5-3-2-4-6-16/h2-12H,13H2,1H3,(H,21,25). The maximum Gasteiger partial charge on any atom is 0.337 e. The van der Waals surface area contributed by atoms with Crippen LogP contribution in [0.4, 0.5) is 0 Å². The van der Waals surface area contributed by atoms with Crippen LogP contribution in [0.5, 0.6) is 0 Å². The van der Waals surface area contributed by atoms with Crippen LogP contribution in [0.2, 0.25) is 0 Å². The van der Waals surface area contributed by atoms with E-state index in [2.05, 4.69) is 15.2 Å². The number of hydrogen-bond acceptors (Lipinski definition) is 5. The number of carbonyl (C=O) groups is 2. The molecule has 0 saturated heterocycles. The number of esters is 1. The van der Waals surface area contributed by atoms with Crippen LogP contribution in [0, 0.1) is 0 Å². The van der Waals surface area contributed by atoms with Crippen molar-refractivity contribution in [1.82, 2.24) is 15.1 Å². The fourth-order valence-electron chi connectivity index (χ4n) is 2.44. The predicted octanol–water partition coefficient (Wildman–Crippen LogP) is 1.95. The quantitative estimate of drug-likeness (QED) is 0.700. The van der Waals surface area contributed by atoms with Crippen LogP contribution in [0.15, 0.2) is 71.5 Å². The third kappa shape index (κ3) is 4.27. The molecule has 27 heavy (non-hydrogen) atoms. The highest BCUT2D eigenvalue weighted by molar-refractivity contribution is 5.92. The van der Waals surface area contributed by atoms with E-state index in [1.165, 1.54) is 23.9 Å². The molecule has 7 nitrogen and oxygen atoms in total. The number of rotatable bonds is 5. The number of nitrogens with one attached hydrogen (secondary N) is 1. The Labute approximate surface area is 155 Å². The first-order valence-corrected chi connectivity index (χ1v) is 8.20. The molecule has 0 aliphatic carbocycles. The van der Waals surface area contributed by atoms with E-state index in [0.717, 1.165) is 5.56 Å². The second kappa shape index (κ2) is 8.09. The van der Waals surface area contributed by atoms with Crippen LogP contribution >= 0.6 is 0 Å². The van der Waals surface area contributed by atoms with Gasteiger partial charge in [-0.3, -0.25) is 9.59 Å². The van der Waals surface area contributed by atoms with Crippen LogP contribution in [0.3, 0.4) is 0 Å². The van der Waals surface area contributed by atoms with Crippen molar-refractivity contribution in [3.05, 3.63) is 93.9 Å². The lowest BCUT2D eigenvalue weighted by Gasteiger charge is -2.08. The van der Waals surface area contributed by atoms with Gasteiger partial charge in [-0.15, -0.1) is 0 Å². The Morgan fingerprint density at radius 1 is 1.00 bits per heavy atom. The largest absolute Gasteiger partial charge is 0.465 e. The molecule has 0 spiro atoms. The third-order valence-electron chi connectivity index (χ3n) is 3.86. The second-order valence-corrected chi connectivity index (χ2v) is 5.68. The van der Waals surface area contributed by atoms with Crippen molar-refractivity contribution in [2.75, 3.05) is 7.11 Å². The summed E-state index contributed by atoms with van der Waals surface area (Å²) < 4.78 is 5.83. The molecule has 7 heteroatoms. The molecule has 0 aliphatic rings. The first-order valence-electron chi connectivity index (χ1n) is 8.20. The Kier molecular flexibility index (Phi) is 5.41. The molecule has 2 aromatic carbocycles. The third-order valence-corrected chi connectivity index (χ3v) is 3.86. The van der Waals surface area contributed by atoms with E-state index in [1.807, 2.05) is 6.07 Å². The van der Waals surface area contributed by atoms with Gasteiger partial charge in [0.05, 0.1) is 18.4 Å². The van der Waals surface area contributed by atoms with Gasteiger partial charge in [0.1, 0.15) is 5.69 Å². The molecule has 3 aromatic rings. The maximum absolute atomic E-state index is 12.4. The Bertz CT molecular complexity index is 1010. The monoisotopic (exact) mass is 363 g/mol. The van der Waals surface area contributed by atoms with Gasteiger partial charge in [0.25, 0.3) is 11.5 Å². The van der Waals surface area contributed by atoms with Crippen LogP contribution < -0.4 is 10.9 Å². The van der Waals surface area contributed by atoms with Crippen molar-refractivity contribution in [3.63, 3.8) is 0 Å². The van der Waals surface area contributed by atoms with E-state index in [9.17, 15) is 14.4 Å². The molecule has 136 valence electrons. The fraction of sp³-hybridized carbons (Fsp3) is 0.100. The number of ether oxygens (including phenoxy) is 1. The van der Waals surface area contributed by atoms with Gasteiger partial charge in [0, 0.05) is 12.6 Å². The van der Waals surface area contributed by atoms with Gasteiger partial charge < -0.3 is 10.1 Å². The Morgan fingerprint density at radius 2 is 1.70 bits per heavy atom. The minimum atomic E-state index is -0.419. The molecule has 0 fully saturated rings. The van der Waals surface area contributed by atoms with Crippen molar-refractivity contribution < 1.29 is 14.3 Å². The van der Waals surface area contributed by atoms with Gasteiger partial charge in [-0.2, -0.15) is 9.78 Å². The summed E-state index contributed by atoms with van der Waals surface area (Å²) in [5, 5.41) is 6.88. The number of aromatic nitrogens is 2. The van der Waals surface area contributed by atoms with Gasteiger partial charge in [-0.1, -0.05) is 30.3 Å².